The molecule has 0 bridgehead atoms. The SMILES string of the molecule is CCCNS(=O)(=O)c1cc(C(=O)NC(C)c2ccccc2)ccc1N1CCCC1. The number of carbonyl (C=O) groups is 1. The zero-order chi connectivity index (χ0) is 20.9. The molecule has 2 N–H and O–H groups in total. The van der Waals surface area contributed by atoms with E-state index in [1.165, 1.54) is 6.07 Å². The van der Waals surface area contributed by atoms with Gasteiger partial charge in [-0.2, -0.15) is 0 Å². The number of rotatable bonds is 8. The number of carbonyl (C=O) groups excluding carboxylic acids is 1. The van der Waals surface area contributed by atoms with Crippen LogP contribution >= 0.6 is 0 Å². The Morgan fingerprint density at radius 2 is 1.79 bits per heavy atom. The largest absolute Gasteiger partial charge is 0.370 e. The van der Waals surface area contributed by atoms with E-state index < -0.39 is 10.0 Å². The highest BCUT2D eigenvalue weighted by Gasteiger charge is 2.25. The van der Waals surface area contributed by atoms with Crippen molar-refractivity contribution in [2.45, 2.75) is 44.0 Å². The highest BCUT2D eigenvalue weighted by Crippen LogP contribution is 2.29. The Hall–Kier alpha value is -2.38. The lowest BCUT2D eigenvalue weighted by Gasteiger charge is -2.22. The van der Waals surface area contributed by atoms with Crippen LogP contribution in [0.4, 0.5) is 5.69 Å². The van der Waals surface area contributed by atoms with Crippen LogP contribution in [0.15, 0.2) is 53.4 Å². The fourth-order valence-electron chi connectivity index (χ4n) is 3.51. The molecule has 0 aromatic heterocycles. The Morgan fingerprint density at radius 3 is 2.45 bits per heavy atom. The van der Waals surface area contributed by atoms with Gasteiger partial charge in [-0.05, 0) is 49.9 Å². The van der Waals surface area contributed by atoms with Gasteiger partial charge in [0.1, 0.15) is 4.90 Å². The number of nitrogens with zero attached hydrogens (tertiary/aromatic N) is 1. The number of hydrogen-bond donors (Lipinski definition) is 2. The Kier molecular flexibility index (Phi) is 6.92. The van der Waals surface area contributed by atoms with Crippen LogP contribution in [0.25, 0.3) is 0 Å². The van der Waals surface area contributed by atoms with Crippen molar-refractivity contribution in [1.29, 1.82) is 0 Å². The third-order valence-electron chi connectivity index (χ3n) is 5.15. The first-order valence-corrected chi connectivity index (χ1v) is 11.6. The third-order valence-corrected chi connectivity index (χ3v) is 6.64. The van der Waals surface area contributed by atoms with Gasteiger partial charge in [0.25, 0.3) is 5.91 Å². The van der Waals surface area contributed by atoms with E-state index in [9.17, 15) is 13.2 Å². The predicted molar refractivity (Wildman–Crippen MR) is 116 cm³/mol. The zero-order valence-electron chi connectivity index (χ0n) is 17.0. The van der Waals surface area contributed by atoms with Gasteiger partial charge in [0, 0.05) is 25.2 Å². The predicted octanol–water partition coefficient (Wildman–Crippen LogP) is 3.47. The van der Waals surface area contributed by atoms with Crippen molar-refractivity contribution in [3.8, 4) is 0 Å². The van der Waals surface area contributed by atoms with E-state index in [0.717, 1.165) is 31.5 Å². The molecule has 0 aliphatic carbocycles. The molecule has 7 heteroatoms. The maximum atomic E-state index is 12.9. The van der Waals surface area contributed by atoms with Gasteiger partial charge in [0.05, 0.1) is 11.7 Å². The van der Waals surface area contributed by atoms with Crippen molar-refractivity contribution in [2.75, 3.05) is 24.5 Å². The first kappa shape index (κ1) is 21.3. The van der Waals surface area contributed by atoms with Gasteiger partial charge >= 0.3 is 0 Å². The van der Waals surface area contributed by atoms with E-state index in [4.69, 9.17) is 0 Å². The second-order valence-corrected chi connectivity index (χ2v) is 9.12. The number of nitrogens with one attached hydrogen (secondary N) is 2. The average Bonchev–Trinajstić information content (AvgIpc) is 3.27. The molecule has 1 heterocycles. The van der Waals surface area contributed by atoms with Crippen LogP contribution in [0.3, 0.4) is 0 Å². The number of hydrogen-bond acceptors (Lipinski definition) is 4. The van der Waals surface area contributed by atoms with E-state index in [-0.39, 0.29) is 16.8 Å². The molecule has 6 nitrogen and oxygen atoms in total. The number of anilines is 1. The van der Waals surface area contributed by atoms with Gasteiger partial charge in [-0.3, -0.25) is 4.79 Å². The van der Waals surface area contributed by atoms with Crippen LogP contribution in [0.5, 0.6) is 0 Å². The fraction of sp³-hybridized carbons (Fsp3) is 0.409. The number of sulfonamides is 1. The molecule has 1 amide bonds. The zero-order valence-corrected chi connectivity index (χ0v) is 17.8. The minimum atomic E-state index is -3.70. The molecule has 29 heavy (non-hydrogen) atoms. The lowest BCUT2D eigenvalue weighted by molar-refractivity contribution is 0.0939. The van der Waals surface area contributed by atoms with E-state index in [0.29, 0.717) is 24.2 Å². The van der Waals surface area contributed by atoms with E-state index >= 15 is 0 Å². The fourth-order valence-corrected chi connectivity index (χ4v) is 4.89. The average molecular weight is 416 g/mol. The Bertz CT molecular complexity index is 939. The molecule has 0 spiro atoms. The summed E-state index contributed by atoms with van der Waals surface area (Å²) in [7, 11) is -3.70. The summed E-state index contributed by atoms with van der Waals surface area (Å²) >= 11 is 0. The number of amides is 1. The van der Waals surface area contributed by atoms with Gasteiger partial charge in [-0.1, -0.05) is 37.3 Å². The molecule has 156 valence electrons. The van der Waals surface area contributed by atoms with Gasteiger partial charge in [-0.15, -0.1) is 0 Å². The summed E-state index contributed by atoms with van der Waals surface area (Å²) in [6, 6.07) is 14.5. The molecule has 1 saturated heterocycles. The van der Waals surface area contributed by atoms with Crippen LogP contribution in [-0.2, 0) is 10.0 Å². The first-order valence-electron chi connectivity index (χ1n) is 10.2. The number of benzene rings is 2. The molecule has 1 aliphatic heterocycles. The second-order valence-electron chi connectivity index (χ2n) is 7.38. The smallest absolute Gasteiger partial charge is 0.251 e. The molecule has 2 aromatic carbocycles. The minimum Gasteiger partial charge on any atom is -0.370 e. The normalized spacial score (nSPS) is 15.3. The van der Waals surface area contributed by atoms with Crippen LogP contribution in [-0.4, -0.2) is 34.0 Å². The summed E-state index contributed by atoms with van der Waals surface area (Å²) in [6.45, 7) is 5.84. The quantitative estimate of drug-likeness (QED) is 0.692. The Morgan fingerprint density at radius 1 is 1.10 bits per heavy atom. The Labute approximate surface area is 173 Å². The molecule has 1 aliphatic rings. The van der Waals surface area contributed by atoms with Gasteiger partial charge < -0.3 is 10.2 Å². The lowest BCUT2D eigenvalue weighted by Crippen LogP contribution is -2.30. The maximum Gasteiger partial charge on any atom is 0.251 e. The molecule has 1 fully saturated rings. The Balaban J connectivity index is 1.89. The third kappa shape index (κ3) is 5.16. The maximum absolute atomic E-state index is 12.9. The van der Waals surface area contributed by atoms with Crippen LogP contribution in [0, 0.1) is 0 Å². The molecular weight excluding hydrogens is 386 g/mol. The highest BCUT2D eigenvalue weighted by molar-refractivity contribution is 7.89. The molecule has 1 atom stereocenters. The van der Waals surface area contributed by atoms with Crippen molar-refractivity contribution in [3.05, 3.63) is 59.7 Å². The summed E-state index contributed by atoms with van der Waals surface area (Å²) < 4.78 is 28.5. The van der Waals surface area contributed by atoms with Crippen LogP contribution < -0.4 is 14.9 Å². The summed E-state index contributed by atoms with van der Waals surface area (Å²) in [5.74, 6) is -0.290. The molecule has 1 unspecified atom stereocenters. The summed E-state index contributed by atoms with van der Waals surface area (Å²) in [4.78, 5) is 15.1. The van der Waals surface area contributed by atoms with Gasteiger partial charge in [0.15, 0.2) is 0 Å². The lowest BCUT2D eigenvalue weighted by atomic mass is 10.1. The molecular formula is C22H29N3O3S. The first-order chi connectivity index (χ1) is 13.9. The second kappa shape index (κ2) is 9.41. The van der Waals surface area contributed by atoms with Crippen LogP contribution in [0.1, 0.15) is 55.1 Å². The summed E-state index contributed by atoms with van der Waals surface area (Å²) in [6.07, 6.45) is 2.78. The van der Waals surface area contributed by atoms with Crippen LogP contribution in [0.2, 0.25) is 0 Å². The van der Waals surface area contributed by atoms with E-state index in [1.54, 1.807) is 12.1 Å². The van der Waals surface area contributed by atoms with E-state index in [2.05, 4.69) is 14.9 Å². The standard InChI is InChI=1S/C22H29N3O3S/c1-3-13-23-29(27,28)21-16-19(11-12-20(21)25-14-7-8-15-25)22(26)24-17(2)18-9-5-4-6-10-18/h4-6,9-12,16-17,23H,3,7-8,13-15H2,1-2H3,(H,24,26). The molecule has 0 radical (unpaired) electrons. The highest BCUT2D eigenvalue weighted by atomic mass is 32.2. The van der Waals surface area contributed by atoms with Crippen molar-refractivity contribution in [1.82, 2.24) is 10.0 Å². The molecule has 2 aromatic rings. The molecule has 3 rings (SSSR count). The monoisotopic (exact) mass is 415 g/mol. The topological polar surface area (TPSA) is 78.5 Å². The van der Waals surface area contributed by atoms with Crippen molar-refractivity contribution in [3.63, 3.8) is 0 Å². The summed E-state index contributed by atoms with van der Waals surface area (Å²) in [5.41, 5.74) is 2.00. The summed E-state index contributed by atoms with van der Waals surface area (Å²) in [5, 5.41) is 2.96. The van der Waals surface area contributed by atoms with Gasteiger partial charge in [-0.25, -0.2) is 13.1 Å². The van der Waals surface area contributed by atoms with Crippen molar-refractivity contribution in [2.24, 2.45) is 0 Å². The molecule has 0 saturated carbocycles. The van der Waals surface area contributed by atoms with Gasteiger partial charge in [0.2, 0.25) is 10.0 Å². The van der Waals surface area contributed by atoms with E-state index in [1.807, 2.05) is 44.2 Å². The van der Waals surface area contributed by atoms with Crippen molar-refractivity contribution < 1.29 is 13.2 Å². The van der Waals surface area contributed by atoms with Crippen molar-refractivity contribution >= 4 is 21.6 Å². The minimum absolute atomic E-state index is 0.174.